The van der Waals surface area contributed by atoms with Crippen LogP contribution in [-0.2, 0) is 16.6 Å². The van der Waals surface area contributed by atoms with E-state index in [2.05, 4.69) is 5.10 Å². The molecule has 1 aliphatic heterocycles. The molecule has 2 rings (SSSR count). The lowest BCUT2D eigenvalue weighted by molar-refractivity contribution is 0.394. The maximum absolute atomic E-state index is 12.8. The fourth-order valence-corrected chi connectivity index (χ4v) is 5.78. The van der Waals surface area contributed by atoms with Crippen LogP contribution in [0.5, 0.6) is 0 Å². The zero-order chi connectivity index (χ0) is 14.9. The van der Waals surface area contributed by atoms with Gasteiger partial charge in [0.15, 0.2) is 0 Å². The van der Waals surface area contributed by atoms with Crippen molar-refractivity contribution in [2.75, 3.05) is 24.4 Å². The molecule has 0 radical (unpaired) electrons. The van der Waals surface area contributed by atoms with E-state index < -0.39 is 10.0 Å². The quantitative estimate of drug-likeness (QED) is 0.770. The number of hydrogen-bond donors (Lipinski definition) is 0. The molecule has 1 fully saturated rings. The Kier molecular flexibility index (Phi) is 5.05. The molecule has 1 aromatic heterocycles. The van der Waals surface area contributed by atoms with Crippen molar-refractivity contribution >= 4 is 33.4 Å². The number of rotatable bonds is 5. The van der Waals surface area contributed by atoms with E-state index in [0.29, 0.717) is 28.7 Å². The molecule has 0 aliphatic carbocycles. The lowest BCUT2D eigenvalue weighted by Crippen LogP contribution is -2.37. The molecule has 5 nitrogen and oxygen atoms in total. The van der Waals surface area contributed by atoms with Crippen molar-refractivity contribution in [1.82, 2.24) is 14.1 Å². The number of thioether (sulfide) groups is 1. The number of aryl methyl sites for hydroxylation is 2. The van der Waals surface area contributed by atoms with Gasteiger partial charge < -0.3 is 0 Å². The van der Waals surface area contributed by atoms with E-state index in [1.807, 2.05) is 0 Å². The second-order valence-corrected chi connectivity index (χ2v) is 8.41. The standard InChI is InChI=1S/C12H20ClN3O2S2/c1-9-12(10(2)16(14-9)6-5-13)20(17,18)15(3)11-4-7-19-8-11/h11H,4-8H2,1-3H3. The topological polar surface area (TPSA) is 55.2 Å². The Hall–Kier alpha value is -0.240. The van der Waals surface area contributed by atoms with Gasteiger partial charge in [-0.1, -0.05) is 0 Å². The summed E-state index contributed by atoms with van der Waals surface area (Å²) in [7, 11) is -1.82. The Labute approximate surface area is 129 Å². The van der Waals surface area contributed by atoms with Crippen LogP contribution in [-0.4, -0.2) is 53.0 Å². The summed E-state index contributed by atoms with van der Waals surface area (Å²) >= 11 is 7.53. The third-order valence-electron chi connectivity index (χ3n) is 3.67. The summed E-state index contributed by atoms with van der Waals surface area (Å²) in [6, 6.07) is 0.0835. The average Bonchev–Trinajstić information content (AvgIpc) is 2.98. The molecular weight excluding hydrogens is 318 g/mol. The third kappa shape index (κ3) is 2.86. The fraction of sp³-hybridized carbons (Fsp3) is 0.750. The molecule has 114 valence electrons. The van der Waals surface area contributed by atoms with Crippen molar-refractivity contribution in [3.05, 3.63) is 11.4 Å². The smallest absolute Gasteiger partial charge is 0.246 e. The van der Waals surface area contributed by atoms with Crippen molar-refractivity contribution < 1.29 is 8.42 Å². The van der Waals surface area contributed by atoms with Crippen LogP contribution < -0.4 is 0 Å². The molecule has 2 heterocycles. The van der Waals surface area contributed by atoms with Crippen molar-refractivity contribution in [1.29, 1.82) is 0 Å². The van der Waals surface area contributed by atoms with E-state index in [9.17, 15) is 8.42 Å². The number of halogens is 1. The molecule has 1 saturated heterocycles. The van der Waals surface area contributed by atoms with Gasteiger partial charge in [0.1, 0.15) is 4.90 Å². The van der Waals surface area contributed by atoms with Crippen LogP contribution in [0.1, 0.15) is 17.8 Å². The van der Waals surface area contributed by atoms with Crippen molar-refractivity contribution in [2.45, 2.75) is 37.8 Å². The number of nitrogens with zero attached hydrogens (tertiary/aromatic N) is 3. The van der Waals surface area contributed by atoms with E-state index in [0.717, 1.165) is 17.9 Å². The number of hydrogen-bond acceptors (Lipinski definition) is 4. The van der Waals surface area contributed by atoms with Crippen LogP contribution >= 0.6 is 23.4 Å². The minimum absolute atomic E-state index is 0.0835. The largest absolute Gasteiger partial charge is 0.267 e. The van der Waals surface area contributed by atoms with Crippen LogP contribution in [0.2, 0.25) is 0 Å². The van der Waals surface area contributed by atoms with Crippen LogP contribution in [0.4, 0.5) is 0 Å². The molecule has 0 spiro atoms. The molecule has 1 aromatic rings. The molecule has 0 N–H and O–H groups in total. The van der Waals surface area contributed by atoms with Crippen molar-refractivity contribution in [3.8, 4) is 0 Å². The van der Waals surface area contributed by atoms with Crippen LogP contribution in [0.3, 0.4) is 0 Å². The van der Waals surface area contributed by atoms with Gasteiger partial charge in [0.2, 0.25) is 10.0 Å². The van der Waals surface area contributed by atoms with Gasteiger partial charge in [-0.25, -0.2) is 8.42 Å². The Bertz CT molecular complexity index is 580. The molecule has 0 bridgehead atoms. The monoisotopic (exact) mass is 337 g/mol. The van der Waals surface area contributed by atoms with Crippen LogP contribution in [0.25, 0.3) is 0 Å². The van der Waals surface area contributed by atoms with Gasteiger partial charge in [-0.05, 0) is 26.0 Å². The highest BCUT2D eigenvalue weighted by Gasteiger charge is 2.34. The molecule has 1 unspecified atom stereocenters. The van der Waals surface area contributed by atoms with Gasteiger partial charge in [-0.3, -0.25) is 4.68 Å². The highest BCUT2D eigenvalue weighted by molar-refractivity contribution is 7.99. The van der Waals surface area contributed by atoms with Crippen LogP contribution in [0.15, 0.2) is 4.90 Å². The van der Waals surface area contributed by atoms with Crippen molar-refractivity contribution in [2.24, 2.45) is 0 Å². The number of sulfonamides is 1. The molecule has 1 atom stereocenters. The van der Waals surface area contributed by atoms with E-state index in [1.54, 1.807) is 37.3 Å². The SMILES string of the molecule is Cc1nn(CCCl)c(C)c1S(=O)(=O)N(C)C1CCSC1. The summed E-state index contributed by atoms with van der Waals surface area (Å²) in [5, 5.41) is 4.30. The second kappa shape index (κ2) is 6.25. The van der Waals surface area contributed by atoms with E-state index in [1.165, 1.54) is 4.31 Å². The molecule has 0 saturated carbocycles. The number of alkyl halides is 1. The molecule has 0 aromatic carbocycles. The molecule has 1 aliphatic rings. The Morgan fingerprint density at radius 2 is 2.20 bits per heavy atom. The summed E-state index contributed by atoms with van der Waals surface area (Å²) in [6.45, 7) is 4.05. The number of aromatic nitrogens is 2. The molecule has 20 heavy (non-hydrogen) atoms. The normalized spacial score (nSPS) is 19.9. The van der Waals surface area contributed by atoms with Gasteiger partial charge >= 0.3 is 0 Å². The zero-order valence-corrected chi connectivity index (χ0v) is 14.4. The summed E-state index contributed by atoms with van der Waals surface area (Å²) < 4.78 is 28.8. The predicted octanol–water partition coefficient (Wildman–Crippen LogP) is 1.86. The van der Waals surface area contributed by atoms with Crippen molar-refractivity contribution in [3.63, 3.8) is 0 Å². The minimum atomic E-state index is -3.49. The lowest BCUT2D eigenvalue weighted by atomic mass is 10.3. The van der Waals surface area contributed by atoms with Gasteiger partial charge in [0.05, 0.1) is 17.9 Å². The highest BCUT2D eigenvalue weighted by Crippen LogP contribution is 2.29. The van der Waals surface area contributed by atoms with E-state index in [-0.39, 0.29) is 6.04 Å². The first-order valence-corrected chi connectivity index (χ1v) is 9.68. The van der Waals surface area contributed by atoms with Gasteiger partial charge in [0, 0.05) is 24.7 Å². The van der Waals surface area contributed by atoms with E-state index in [4.69, 9.17) is 11.6 Å². The average molecular weight is 338 g/mol. The lowest BCUT2D eigenvalue weighted by Gasteiger charge is -2.23. The first-order valence-electron chi connectivity index (χ1n) is 6.55. The van der Waals surface area contributed by atoms with Gasteiger partial charge in [-0.2, -0.15) is 21.2 Å². The fourth-order valence-electron chi connectivity index (χ4n) is 2.50. The Morgan fingerprint density at radius 1 is 1.50 bits per heavy atom. The summed E-state index contributed by atoms with van der Waals surface area (Å²) in [4.78, 5) is 0.335. The maximum atomic E-state index is 12.8. The predicted molar refractivity (Wildman–Crippen MR) is 83.1 cm³/mol. The van der Waals surface area contributed by atoms with Gasteiger partial charge in [0.25, 0.3) is 0 Å². The minimum Gasteiger partial charge on any atom is -0.267 e. The molecule has 0 amide bonds. The summed E-state index contributed by atoms with van der Waals surface area (Å²) in [5.74, 6) is 2.30. The highest BCUT2D eigenvalue weighted by atomic mass is 35.5. The Balaban J connectivity index is 2.38. The first-order chi connectivity index (χ1) is 9.39. The summed E-state index contributed by atoms with van der Waals surface area (Å²) in [6.07, 6.45) is 0.911. The molecule has 8 heteroatoms. The Morgan fingerprint density at radius 3 is 2.75 bits per heavy atom. The van der Waals surface area contributed by atoms with E-state index >= 15 is 0 Å². The van der Waals surface area contributed by atoms with Crippen LogP contribution in [0, 0.1) is 13.8 Å². The second-order valence-electron chi connectivity index (χ2n) is 4.95. The third-order valence-corrected chi connectivity index (χ3v) is 7.15. The first kappa shape index (κ1) is 16.1. The molecular formula is C12H20ClN3O2S2. The maximum Gasteiger partial charge on any atom is 0.246 e. The zero-order valence-electron chi connectivity index (χ0n) is 12.0. The van der Waals surface area contributed by atoms with Gasteiger partial charge in [-0.15, -0.1) is 11.6 Å². The summed E-state index contributed by atoms with van der Waals surface area (Å²) in [5.41, 5.74) is 1.21.